The SMILES string of the molecule is CCC(Cc1ccccc1)Nc1cc(Cl)cc(Br)c1OC. The molecule has 0 bridgehead atoms. The maximum atomic E-state index is 6.14. The standard InChI is InChI=1S/C17H19BrClNO/c1-3-14(9-12-7-5-4-6-8-12)20-16-11-13(19)10-15(18)17(16)21-2/h4-8,10-11,14,20H,3,9H2,1-2H3. The lowest BCUT2D eigenvalue weighted by Crippen LogP contribution is -2.21. The largest absolute Gasteiger partial charge is 0.493 e. The quantitative estimate of drug-likeness (QED) is 0.722. The fraction of sp³-hybridized carbons (Fsp3) is 0.294. The van der Waals surface area contributed by atoms with Gasteiger partial charge in [-0.1, -0.05) is 48.9 Å². The van der Waals surface area contributed by atoms with Crippen LogP contribution in [0.5, 0.6) is 5.75 Å². The lowest BCUT2D eigenvalue weighted by Gasteiger charge is -2.21. The molecule has 112 valence electrons. The van der Waals surface area contributed by atoms with Gasteiger partial charge in [0.1, 0.15) is 0 Å². The molecular weight excluding hydrogens is 350 g/mol. The maximum absolute atomic E-state index is 6.14. The second-order valence-electron chi connectivity index (χ2n) is 4.91. The fourth-order valence-electron chi connectivity index (χ4n) is 2.29. The van der Waals surface area contributed by atoms with Crippen LogP contribution in [0.3, 0.4) is 0 Å². The van der Waals surface area contributed by atoms with Gasteiger partial charge in [0.25, 0.3) is 0 Å². The Labute approximate surface area is 139 Å². The number of anilines is 1. The summed E-state index contributed by atoms with van der Waals surface area (Å²) < 4.78 is 6.31. The minimum absolute atomic E-state index is 0.326. The molecule has 2 aromatic carbocycles. The van der Waals surface area contributed by atoms with Gasteiger partial charge in [-0.3, -0.25) is 0 Å². The van der Waals surface area contributed by atoms with E-state index in [-0.39, 0.29) is 0 Å². The molecule has 0 amide bonds. The van der Waals surface area contributed by atoms with Crippen LogP contribution in [0.1, 0.15) is 18.9 Å². The first-order valence-corrected chi connectivity index (χ1v) is 8.14. The highest BCUT2D eigenvalue weighted by molar-refractivity contribution is 9.10. The topological polar surface area (TPSA) is 21.3 Å². The van der Waals surface area contributed by atoms with E-state index in [2.05, 4.69) is 52.4 Å². The molecule has 21 heavy (non-hydrogen) atoms. The van der Waals surface area contributed by atoms with E-state index < -0.39 is 0 Å². The average molecular weight is 369 g/mol. The number of nitrogens with one attached hydrogen (secondary N) is 1. The van der Waals surface area contributed by atoms with E-state index in [0.717, 1.165) is 28.8 Å². The summed E-state index contributed by atoms with van der Waals surface area (Å²) in [4.78, 5) is 0. The van der Waals surface area contributed by atoms with Crippen LogP contribution in [-0.2, 0) is 6.42 Å². The lowest BCUT2D eigenvalue weighted by molar-refractivity contribution is 0.413. The van der Waals surface area contributed by atoms with Gasteiger partial charge in [-0.15, -0.1) is 0 Å². The van der Waals surface area contributed by atoms with Crippen molar-refractivity contribution >= 4 is 33.2 Å². The molecule has 1 N–H and O–H groups in total. The third kappa shape index (κ3) is 4.39. The Hall–Kier alpha value is -1.19. The number of benzene rings is 2. The summed E-state index contributed by atoms with van der Waals surface area (Å²) in [6.45, 7) is 2.17. The molecule has 0 heterocycles. The zero-order chi connectivity index (χ0) is 15.2. The summed E-state index contributed by atoms with van der Waals surface area (Å²) in [5, 5.41) is 4.22. The zero-order valence-electron chi connectivity index (χ0n) is 12.2. The van der Waals surface area contributed by atoms with Crippen LogP contribution in [0.2, 0.25) is 5.02 Å². The number of hydrogen-bond acceptors (Lipinski definition) is 2. The molecular formula is C17H19BrClNO. The molecule has 0 fully saturated rings. The molecule has 2 rings (SSSR count). The van der Waals surface area contributed by atoms with Crippen LogP contribution in [0, 0.1) is 0 Å². The van der Waals surface area contributed by atoms with E-state index in [4.69, 9.17) is 16.3 Å². The van der Waals surface area contributed by atoms with Crippen molar-refractivity contribution in [1.82, 2.24) is 0 Å². The zero-order valence-corrected chi connectivity index (χ0v) is 14.5. The Balaban J connectivity index is 2.18. The van der Waals surface area contributed by atoms with E-state index in [1.165, 1.54) is 5.56 Å². The van der Waals surface area contributed by atoms with Crippen LogP contribution in [-0.4, -0.2) is 13.2 Å². The number of hydrogen-bond donors (Lipinski definition) is 1. The molecule has 4 heteroatoms. The first kappa shape index (κ1) is 16.2. The van der Waals surface area contributed by atoms with Crippen LogP contribution in [0.4, 0.5) is 5.69 Å². The third-order valence-electron chi connectivity index (χ3n) is 3.39. The van der Waals surface area contributed by atoms with Gasteiger partial charge >= 0.3 is 0 Å². The fourth-order valence-corrected chi connectivity index (χ4v) is 3.26. The number of rotatable bonds is 6. The number of methoxy groups -OCH3 is 1. The summed E-state index contributed by atoms with van der Waals surface area (Å²) in [6.07, 6.45) is 1.98. The third-order valence-corrected chi connectivity index (χ3v) is 4.20. The van der Waals surface area contributed by atoms with Crippen molar-refractivity contribution in [3.05, 3.63) is 57.5 Å². The van der Waals surface area contributed by atoms with Gasteiger partial charge in [0, 0.05) is 11.1 Å². The first-order chi connectivity index (χ1) is 10.1. The Morgan fingerprint density at radius 2 is 1.95 bits per heavy atom. The summed E-state index contributed by atoms with van der Waals surface area (Å²) in [5.74, 6) is 0.783. The van der Waals surface area contributed by atoms with E-state index in [1.807, 2.05) is 18.2 Å². The number of halogens is 2. The highest BCUT2D eigenvalue weighted by atomic mass is 79.9. The molecule has 0 aliphatic heterocycles. The first-order valence-electron chi connectivity index (χ1n) is 6.97. The molecule has 0 saturated carbocycles. The average Bonchev–Trinajstić information content (AvgIpc) is 2.47. The molecule has 0 radical (unpaired) electrons. The van der Waals surface area contributed by atoms with Crippen molar-refractivity contribution in [2.45, 2.75) is 25.8 Å². The highest BCUT2D eigenvalue weighted by Gasteiger charge is 2.14. The highest BCUT2D eigenvalue weighted by Crippen LogP contribution is 2.37. The van der Waals surface area contributed by atoms with Gasteiger partial charge in [0.15, 0.2) is 5.75 Å². The second kappa shape index (κ2) is 7.71. The molecule has 0 aromatic heterocycles. The van der Waals surface area contributed by atoms with Crippen LogP contribution in [0.15, 0.2) is 46.9 Å². The summed E-state index contributed by atoms with van der Waals surface area (Å²) in [5.41, 5.74) is 2.23. The van der Waals surface area contributed by atoms with Gasteiger partial charge in [-0.05, 0) is 46.5 Å². The Kier molecular flexibility index (Phi) is 5.95. The smallest absolute Gasteiger partial charge is 0.156 e. The molecule has 0 aliphatic rings. The lowest BCUT2D eigenvalue weighted by atomic mass is 10.0. The summed E-state index contributed by atoms with van der Waals surface area (Å²) in [6, 6.07) is 14.5. The van der Waals surface area contributed by atoms with Gasteiger partial charge in [-0.25, -0.2) is 0 Å². The second-order valence-corrected chi connectivity index (χ2v) is 6.20. The van der Waals surface area contributed by atoms with Gasteiger partial charge in [-0.2, -0.15) is 0 Å². The van der Waals surface area contributed by atoms with Gasteiger partial charge in [0.2, 0.25) is 0 Å². The minimum Gasteiger partial charge on any atom is -0.493 e. The van der Waals surface area contributed by atoms with Crippen molar-refractivity contribution < 1.29 is 4.74 Å². The van der Waals surface area contributed by atoms with E-state index in [1.54, 1.807) is 7.11 Å². The maximum Gasteiger partial charge on any atom is 0.156 e. The van der Waals surface area contributed by atoms with Crippen molar-refractivity contribution in [2.24, 2.45) is 0 Å². The molecule has 1 unspecified atom stereocenters. The molecule has 1 atom stereocenters. The predicted octanol–water partition coefficient (Wildman–Crippen LogP) is 5.54. The van der Waals surface area contributed by atoms with Crippen molar-refractivity contribution in [1.29, 1.82) is 0 Å². The van der Waals surface area contributed by atoms with E-state index in [9.17, 15) is 0 Å². The van der Waals surface area contributed by atoms with Crippen molar-refractivity contribution in [3.8, 4) is 5.75 Å². The number of ether oxygens (including phenoxy) is 1. The van der Waals surface area contributed by atoms with Crippen LogP contribution < -0.4 is 10.1 Å². The van der Waals surface area contributed by atoms with Gasteiger partial charge < -0.3 is 10.1 Å². The summed E-state index contributed by atoms with van der Waals surface area (Å²) in [7, 11) is 1.66. The molecule has 0 aliphatic carbocycles. The van der Waals surface area contributed by atoms with Crippen LogP contribution in [0.25, 0.3) is 0 Å². The molecule has 2 nitrogen and oxygen atoms in total. The van der Waals surface area contributed by atoms with Gasteiger partial charge in [0.05, 0.1) is 17.3 Å². The van der Waals surface area contributed by atoms with E-state index in [0.29, 0.717) is 11.1 Å². The van der Waals surface area contributed by atoms with Crippen LogP contribution >= 0.6 is 27.5 Å². The van der Waals surface area contributed by atoms with Crippen molar-refractivity contribution in [3.63, 3.8) is 0 Å². The molecule has 0 spiro atoms. The monoisotopic (exact) mass is 367 g/mol. The van der Waals surface area contributed by atoms with E-state index >= 15 is 0 Å². The molecule has 0 saturated heterocycles. The van der Waals surface area contributed by atoms with Crippen molar-refractivity contribution in [2.75, 3.05) is 12.4 Å². The Morgan fingerprint density at radius 3 is 2.57 bits per heavy atom. The normalized spacial score (nSPS) is 12.0. The Bertz CT molecular complexity index is 589. The minimum atomic E-state index is 0.326. The summed E-state index contributed by atoms with van der Waals surface area (Å²) >= 11 is 9.63. The predicted molar refractivity (Wildman–Crippen MR) is 93.6 cm³/mol. The Morgan fingerprint density at radius 1 is 1.24 bits per heavy atom. The molecule has 2 aromatic rings.